The fraction of sp³-hybridized carbons (Fsp3) is 0.750. The molecule has 1 atom stereocenters. The molecule has 90 valence electrons. The molecule has 1 N–H and O–H groups in total. The first-order valence-corrected chi connectivity index (χ1v) is 6.75. The molecule has 2 heterocycles. The van der Waals surface area contributed by atoms with Gasteiger partial charge in [0, 0.05) is 30.0 Å². The van der Waals surface area contributed by atoms with Gasteiger partial charge in [-0.2, -0.15) is 0 Å². The lowest BCUT2D eigenvalue weighted by atomic mass is 10.2. The summed E-state index contributed by atoms with van der Waals surface area (Å²) >= 11 is 1.84. The van der Waals surface area contributed by atoms with Crippen molar-refractivity contribution >= 4 is 11.3 Å². The lowest BCUT2D eigenvalue weighted by molar-refractivity contribution is 0.190. The minimum absolute atomic E-state index is 0.531. The third kappa shape index (κ3) is 2.81. The Balaban J connectivity index is 1.92. The lowest BCUT2D eigenvalue weighted by Crippen LogP contribution is -2.28. The van der Waals surface area contributed by atoms with E-state index in [0.717, 1.165) is 26.2 Å². The maximum absolute atomic E-state index is 5.34. The largest absolute Gasteiger partial charge is 0.380 e. The van der Waals surface area contributed by atoms with Gasteiger partial charge in [-0.25, -0.2) is 4.98 Å². The van der Waals surface area contributed by atoms with Crippen molar-refractivity contribution in [3.63, 3.8) is 0 Å². The molecule has 3 nitrogen and oxygen atoms in total. The summed E-state index contributed by atoms with van der Waals surface area (Å²) in [6.45, 7) is 9.18. The van der Waals surface area contributed by atoms with Crippen LogP contribution in [0.15, 0.2) is 0 Å². The number of hydrogen-bond donors (Lipinski definition) is 1. The Kier molecular flexibility index (Phi) is 3.95. The number of aryl methyl sites for hydroxylation is 1. The van der Waals surface area contributed by atoms with Crippen molar-refractivity contribution in [1.82, 2.24) is 10.3 Å². The van der Waals surface area contributed by atoms with E-state index in [1.807, 2.05) is 11.3 Å². The molecule has 1 saturated heterocycles. The van der Waals surface area contributed by atoms with Gasteiger partial charge in [0.1, 0.15) is 0 Å². The molecule has 0 radical (unpaired) electrons. The van der Waals surface area contributed by atoms with Gasteiger partial charge in [-0.15, -0.1) is 11.3 Å². The molecule has 1 aromatic rings. The fourth-order valence-corrected chi connectivity index (χ4v) is 2.81. The lowest BCUT2D eigenvalue weighted by Gasteiger charge is -2.08. The summed E-state index contributed by atoms with van der Waals surface area (Å²) in [4.78, 5) is 5.97. The second-order valence-corrected chi connectivity index (χ2v) is 5.77. The molecule has 1 fully saturated rings. The molecule has 0 aliphatic carbocycles. The first-order valence-electron chi connectivity index (χ1n) is 5.94. The zero-order valence-corrected chi connectivity index (χ0v) is 11.1. The zero-order valence-electron chi connectivity index (χ0n) is 10.2. The van der Waals surface area contributed by atoms with Crippen LogP contribution in [0.25, 0.3) is 0 Å². The van der Waals surface area contributed by atoms with Crippen LogP contribution in [0.5, 0.6) is 0 Å². The molecule has 2 rings (SSSR count). The van der Waals surface area contributed by atoms with Crippen LogP contribution in [0.4, 0.5) is 0 Å². The van der Waals surface area contributed by atoms with Gasteiger partial charge in [0.2, 0.25) is 0 Å². The van der Waals surface area contributed by atoms with E-state index in [-0.39, 0.29) is 0 Å². The number of aromatic nitrogens is 1. The molecular weight excluding hydrogens is 220 g/mol. The second kappa shape index (κ2) is 5.25. The highest BCUT2D eigenvalue weighted by molar-refractivity contribution is 7.11. The highest BCUT2D eigenvalue weighted by Crippen LogP contribution is 2.24. The first kappa shape index (κ1) is 12.0. The van der Waals surface area contributed by atoms with E-state index in [4.69, 9.17) is 4.74 Å². The summed E-state index contributed by atoms with van der Waals surface area (Å²) in [6, 6.07) is 0.531. The van der Waals surface area contributed by atoms with Crippen molar-refractivity contribution in [1.29, 1.82) is 0 Å². The fourth-order valence-electron chi connectivity index (χ4n) is 1.79. The summed E-state index contributed by atoms with van der Waals surface area (Å²) in [5.74, 6) is 0.535. The van der Waals surface area contributed by atoms with Crippen molar-refractivity contribution in [3.05, 3.63) is 15.6 Å². The van der Waals surface area contributed by atoms with E-state index in [1.165, 1.54) is 15.6 Å². The average molecular weight is 240 g/mol. The van der Waals surface area contributed by atoms with Crippen LogP contribution in [0.2, 0.25) is 0 Å². The van der Waals surface area contributed by atoms with Crippen molar-refractivity contribution in [2.75, 3.05) is 13.2 Å². The topological polar surface area (TPSA) is 34.2 Å². The van der Waals surface area contributed by atoms with Gasteiger partial charge in [-0.05, 0) is 13.3 Å². The van der Waals surface area contributed by atoms with Crippen molar-refractivity contribution in [3.8, 4) is 0 Å². The summed E-state index contributed by atoms with van der Waals surface area (Å²) in [6.07, 6.45) is 1.13. The van der Waals surface area contributed by atoms with Gasteiger partial charge >= 0.3 is 0 Å². The molecule has 16 heavy (non-hydrogen) atoms. The van der Waals surface area contributed by atoms with Gasteiger partial charge in [-0.3, -0.25) is 0 Å². The molecule has 0 spiro atoms. The van der Waals surface area contributed by atoms with Gasteiger partial charge in [0.25, 0.3) is 0 Å². The van der Waals surface area contributed by atoms with Gasteiger partial charge in [-0.1, -0.05) is 13.8 Å². The van der Waals surface area contributed by atoms with E-state index in [1.54, 1.807) is 0 Å². The number of thiazole rings is 1. The predicted molar refractivity (Wildman–Crippen MR) is 67.0 cm³/mol. The third-order valence-electron chi connectivity index (χ3n) is 2.88. The molecule has 1 aliphatic heterocycles. The molecule has 0 saturated carbocycles. The molecule has 0 amide bonds. The summed E-state index contributed by atoms with van der Waals surface area (Å²) < 4.78 is 5.34. The Morgan fingerprint density at radius 2 is 2.38 bits per heavy atom. The Morgan fingerprint density at radius 1 is 1.56 bits per heavy atom. The average Bonchev–Trinajstić information content (AvgIpc) is 2.84. The van der Waals surface area contributed by atoms with Crippen LogP contribution >= 0.6 is 11.3 Å². The number of nitrogens with zero attached hydrogens (tertiary/aromatic N) is 1. The van der Waals surface area contributed by atoms with Crippen molar-refractivity contribution in [2.45, 2.75) is 45.7 Å². The first-order chi connectivity index (χ1) is 7.66. The normalized spacial score (nSPS) is 20.9. The number of nitrogens with one attached hydrogen (secondary N) is 1. The Bertz CT molecular complexity index is 343. The van der Waals surface area contributed by atoms with Gasteiger partial charge in [0.15, 0.2) is 0 Å². The monoisotopic (exact) mass is 240 g/mol. The number of hydrogen-bond acceptors (Lipinski definition) is 4. The quantitative estimate of drug-likeness (QED) is 0.878. The maximum atomic E-state index is 5.34. The predicted octanol–water partition coefficient (Wildman–Crippen LogP) is 2.45. The zero-order chi connectivity index (χ0) is 11.5. The van der Waals surface area contributed by atoms with Crippen molar-refractivity contribution < 1.29 is 4.74 Å². The van der Waals surface area contributed by atoms with Crippen LogP contribution in [0.3, 0.4) is 0 Å². The van der Waals surface area contributed by atoms with Crippen LogP contribution < -0.4 is 5.32 Å². The third-order valence-corrected chi connectivity index (χ3v) is 4.34. The maximum Gasteiger partial charge on any atom is 0.0956 e. The Labute approximate surface area is 101 Å². The molecule has 1 aromatic heterocycles. The molecule has 1 aliphatic rings. The van der Waals surface area contributed by atoms with Crippen LogP contribution in [-0.2, 0) is 11.3 Å². The standard InChI is InChI=1S/C12H20N2OS/c1-8(2)12-14-9(3)11(16-12)6-13-10-4-5-15-7-10/h8,10,13H,4-7H2,1-3H3/t10-/m1/s1. The summed E-state index contributed by atoms with van der Waals surface area (Å²) in [5, 5.41) is 4.78. The van der Waals surface area contributed by atoms with Gasteiger partial charge < -0.3 is 10.1 Å². The number of rotatable bonds is 4. The molecule has 0 unspecified atom stereocenters. The van der Waals surface area contributed by atoms with Gasteiger partial charge in [0.05, 0.1) is 17.3 Å². The van der Waals surface area contributed by atoms with E-state index >= 15 is 0 Å². The van der Waals surface area contributed by atoms with Crippen LogP contribution in [-0.4, -0.2) is 24.2 Å². The van der Waals surface area contributed by atoms with E-state index in [0.29, 0.717) is 12.0 Å². The SMILES string of the molecule is Cc1nc(C(C)C)sc1CN[C@@H]1CCOC1. The molecule has 0 aromatic carbocycles. The molecular formula is C12H20N2OS. The van der Waals surface area contributed by atoms with Crippen LogP contribution in [0.1, 0.15) is 41.8 Å². The Morgan fingerprint density at radius 3 is 2.94 bits per heavy atom. The highest BCUT2D eigenvalue weighted by Gasteiger charge is 2.16. The van der Waals surface area contributed by atoms with Crippen LogP contribution in [0, 0.1) is 6.92 Å². The number of ether oxygens (including phenoxy) is 1. The van der Waals surface area contributed by atoms with E-state index < -0.39 is 0 Å². The van der Waals surface area contributed by atoms with E-state index in [9.17, 15) is 0 Å². The highest BCUT2D eigenvalue weighted by atomic mass is 32.1. The molecule has 0 bridgehead atoms. The van der Waals surface area contributed by atoms with Crippen molar-refractivity contribution in [2.24, 2.45) is 0 Å². The smallest absolute Gasteiger partial charge is 0.0956 e. The summed E-state index contributed by atoms with van der Waals surface area (Å²) in [5.41, 5.74) is 1.18. The Hall–Kier alpha value is -0.450. The summed E-state index contributed by atoms with van der Waals surface area (Å²) in [7, 11) is 0. The minimum Gasteiger partial charge on any atom is -0.380 e. The second-order valence-electron chi connectivity index (χ2n) is 4.66. The minimum atomic E-state index is 0.531. The molecule has 4 heteroatoms. The van der Waals surface area contributed by atoms with E-state index in [2.05, 4.69) is 31.1 Å².